The number of amides is 2. The summed E-state index contributed by atoms with van der Waals surface area (Å²) in [4.78, 5) is 36.1. The van der Waals surface area contributed by atoms with Crippen LogP contribution >= 0.6 is 23.2 Å². The van der Waals surface area contributed by atoms with Gasteiger partial charge in [-0.05, 0) is 59.5 Å². The Kier molecular flexibility index (Phi) is 7.74. The van der Waals surface area contributed by atoms with Crippen LogP contribution in [-0.4, -0.2) is 28.9 Å². The fourth-order valence-electron chi connectivity index (χ4n) is 3.14. The summed E-state index contributed by atoms with van der Waals surface area (Å²) < 4.78 is 0. The number of halogens is 2. The van der Waals surface area contributed by atoms with Gasteiger partial charge >= 0.3 is 5.97 Å². The summed E-state index contributed by atoms with van der Waals surface area (Å²) >= 11 is 11.9. The lowest BCUT2D eigenvalue weighted by Crippen LogP contribution is -2.44. The number of benzene rings is 3. The largest absolute Gasteiger partial charge is 0.480 e. The third-order valence-corrected chi connectivity index (χ3v) is 5.76. The topological polar surface area (TPSA) is 95.5 Å². The molecule has 0 saturated heterocycles. The fourth-order valence-corrected chi connectivity index (χ4v) is 3.44. The zero-order valence-corrected chi connectivity index (χ0v) is 19.4. The average molecular weight is 485 g/mol. The molecule has 3 N–H and O–H groups in total. The number of carbonyl (C=O) groups is 3. The number of carboxylic acid groups (broad SMARTS) is 1. The SMILES string of the molecule is CC(C)[C@H](NC(=O)c1ccc(-c2ccc(NC(=O)c3ccc(Cl)c(Cl)c3)cc2)cc1)C(=O)O. The number of aliphatic carboxylic acids is 1. The average Bonchev–Trinajstić information content (AvgIpc) is 2.79. The lowest BCUT2D eigenvalue weighted by molar-refractivity contribution is -0.140. The minimum Gasteiger partial charge on any atom is -0.480 e. The minimum atomic E-state index is -1.07. The quantitative estimate of drug-likeness (QED) is 0.397. The van der Waals surface area contributed by atoms with Gasteiger partial charge in [0.15, 0.2) is 0 Å². The summed E-state index contributed by atoms with van der Waals surface area (Å²) in [7, 11) is 0. The van der Waals surface area contributed by atoms with Crippen molar-refractivity contribution in [2.75, 3.05) is 5.32 Å². The van der Waals surface area contributed by atoms with Gasteiger partial charge in [-0.1, -0.05) is 61.3 Å². The molecule has 0 aromatic heterocycles. The van der Waals surface area contributed by atoms with Crippen LogP contribution in [0, 0.1) is 5.92 Å². The van der Waals surface area contributed by atoms with Gasteiger partial charge in [-0.15, -0.1) is 0 Å². The number of nitrogens with one attached hydrogen (secondary N) is 2. The maximum absolute atomic E-state index is 12.4. The van der Waals surface area contributed by atoms with Crippen LogP contribution in [0.4, 0.5) is 5.69 Å². The number of hydrogen-bond acceptors (Lipinski definition) is 3. The van der Waals surface area contributed by atoms with Crippen molar-refractivity contribution in [2.45, 2.75) is 19.9 Å². The first-order valence-corrected chi connectivity index (χ1v) is 10.9. The maximum atomic E-state index is 12.4. The molecule has 6 nitrogen and oxygen atoms in total. The number of carbonyl (C=O) groups excluding carboxylic acids is 2. The molecule has 0 bridgehead atoms. The number of carboxylic acids is 1. The molecule has 0 aliphatic rings. The van der Waals surface area contributed by atoms with Crippen molar-refractivity contribution in [3.63, 3.8) is 0 Å². The summed E-state index contributed by atoms with van der Waals surface area (Å²) in [5.74, 6) is -2.05. The maximum Gasteiger partial charge on any atom is 0.326 e. The Bertz CT molecular complexity index is 1180. The van der Waals surface area contributed by atoms with Crippen molar-refractivity contribution in [1.29, 1.82) is 0 Å². The van der Waals surface area contributed by atoms with Crippen molar-refractivity contribution in [3.8, 4) is 11.1 Å². The molecule has 8 heteroatoms. The Morgan fingerprint density at radius 1 is 0.758 bits per heavy atom. The second-order valence-corrected chi connectivity index (χ2v) is 8.59. The zero-order valence-electron chi connectivity index (χ0n) is 17.9. The molecule has 2 amide bonds. The number of anilines is 1. The van der Waals surface area contributed by atoms with E-state index < -0.39 is 17.9 Å². The smallest absolute Gasteiger partial charge is 0.326 e. The molecule has 0 spiro atoms. The summed E-state index contributed by atoms with van der Waals surface area (Å²) in [6, 6.07) is 17.8. The minimum absolute atomic E-state index is 0.235. The van der Waals surface area contributed by atoms with Gasteiger partial charge in [0.05, 0.1) is 10.0 Å². The van der Waals surface area contributed by atoms with Crippen molar-refractivity contribution >= 4 is 46.7 Å². The Morgan fingerprint density at radius 2 is 1.30 bits per heavy atom. The van der Waals surface area contributed by atoms with Gasteiger partial charge in [-0.25, -0.2) is 4.79 Å². The van der Waals surface area contributed by atoms with E-state index in [-0.39, 0.29) is 11.8 Å². The summed E-state index contributed by atoms with van der Waals surface area (Å²) in [6.07, 6.45) is 0. The molecule has 0 aliphatic carbocycles. The second-order valence-electron chi connectivity index (χ2n) is 7.77. The van der Waals surface area contributed by atoms with Crippen molar-refractivity contribution < 1.29 is 19.5 Å². The first kappa shape index (κ1) is 24.3. The number of hydrogen-bond donors (Lipinski definition) is 3. The van der Waals surface area contributed by atoms with Crippen LogP contribution in [-0.2, 0) is 4.79 Å². The van der Waals surface area contributed by atoms with Gasteiger partial charge in [0.25, 0.3) is 11.8 Å². The predicted octanol–water partition coefficient (Wildman–Crippen LogP) is 5.75. The van der Waals surface area contributed by atoms with E-state index in [4.69, 9.17) is 23.2 Å². The first-order valence-electron chi connectivity index (χ1n) is 10.2. The van der Waals surface area contributed by atoms with Crippen LogP contribution < -0.4 is 10.6 Å². The molecule has 0 unspecified atom stereocenters. The summed E-state index contributed by atoms with van der Waals surface area (Å²) in [6.45, 7) is 3.47. The molecule has 3 aromatic rings. The summed E-state index contributed by atoms with van der Waals surface area (Å²) in [5.41, 5.74) is 3.13. The van der Waals surface area contributed by atoms with E-state index in [1.807, 2.05) is 12.1 Å². The van der Waals surface area contributed by atoms with Gasteiger partial charge < -0.3 is 15.7 Å². The summed E-state index contributed by atoms with van der Waals surface area (Å²) in [5, 5.41) is 15.3. The molecule has 1 atom stereocenters. The molecule has 0 aliphatic heterocycles. The highest BCUT2D eigenvalue weighted by atomic mass is 35.5. The lowest BCUT2D eigenvalue weighted by atomic mass is 10.0. The van der Waals surface area contributed by atoms with Gasteiger partial charge in [0.1, 0.15) is 6.04 Å². The monoisotopic (exact) mass is 484 g/mol. The normalized spacial score (nSPS) is 11.7. The predicted molar refractivity (Wildman–Crippen MR) is 130 cm³/mol. The van der Waals surface area contributed by atoms with Crippen LogP contribution in [0.2, 0.25) is 10.0 Å². The molecule has 33 heavy (non-hydrogen) atoms. The Morgan fingerprint density at radius 3 is 1.82 bits per heavy atom. The molecule has 3 rings (SSSR count). The highest BCUT2D eigenvalue weighted by Gasteiger charge is 2.23. The Labute approximate surface area is 201 Å². The van der Waals surface area contributed by atoms with Gasteiger partial charge in [0.2, 0.25) is 0 Å². The van der Waals surface area contributed by atoms with E-state index in [2.05, 4.69) is 10.6 Å². The van der Waals surface area contributed by atoms with E-state index in [0.29, 0.717) is 26.9 Å². The highest BCUT2D eigenvalue weighted by molar-refractivity contribution is 6.42. The van der Waals surface area contributed by atoms with E-state index in [9.17, 15) is 19.5 Å². The van der Waals surface area contributed by atoms with E-state index in [1.54, 1.807) is 62.4 Å². The van der Waals surface area contributed by atoms with Crippen molar-refractivity contribution in [2.24, 2.45) is 5.92 Å². The Balaban J connectivity index is 1.67. The lowest BCUT2D eigenvalue weighted by Gasteiger charge is -2.18. The van der Waals surface area contributed by atoms with E-state index >= 15 is 0 Å². The van der Waals surface area contributed by atoms with Crippen LogP contribution in [0.5, 0.6) is 0 Å². The van der Waals surface area contributed by atoms with E-state index in [0.717, 1.165) is 11.1 Å². The highest BCUT2D eigenvalue weighted by Crippen LogP contribution is 2.25. The molecular weight excluding hydrogens is 463 g/mol. The third-order valence-electron chi connectivity index (χ3n) is 5.02. The molecular formula is C25H22Cl2N2O4. The van der Waals surface area contributed by atoms with Crippen LogP contribution in [0.3, 0.4) is 0 Å². The van der Waals surface area contributed by atoms with Crippen LogP contribution in [0.1, 0.15) is 34.6 Å². The molecule has 3 aromatic carbocycles. The standard InChI is InChI=1S/C25H22Cl2N2O4/c1-14(2)22(25(32)33)29-23(30)17-5-3-15(4-6-17)16-7-10-19(11-8-16)28-24(31)18-9-12-20(26)21(27)13-18/h3-14,22H,1-2H3,(H,28,31)(H,29,30)(H,32,33)/t22-/m0/s1. The third kappa shape index (κ3) is 6.12. The molecule has 0 heterocycles. The second kappa shape index (κ2) is 10.5. The van der Waals surface area contributed by atoms with Crippen LogP contribution in [0.25, 0.3) is 11.1 Å². The van der Waals surface area contributed by atoms with Gasteiger partial charge in [-0.2, -0.15) is 0 Å². The zero-order chi connectivity index (χ0) is 24.1. The van der Waals surface area contributed by atoms with E-state index in [1.165, 1.54) is 6.07 Å². The first-order chi connectivity index (χ1) is 15.7. The Hall–Kier alpha value is -3.35. The molecule has 170 valence electrons. The fraction of sp³-hybridized carbons (Fsp3) is 0.160. The molecule has 0 fully saturated rings. The van der Waals surface area contributed by atoms with Crippen molar-refractivity contribution in [3.05, 3.63) is 87.9 Å². The van der Waals surface area contributed by atoms with Gasteiger partial charge in [0, 0.05) is 16.8 Å². The number of rotatable bonds is 7. The molecule has 0 radical (unpaired) electrons. The van der Waals surface area contributed by atoms with Crippen molar-refractivity contribution in [1.82, 2.24) is 5.32 Å². The van der Waals surface area contributed by atoms with Crippen LogP contribution in [0.15, 0.2) is 66.7 Å². The molecule has 0 saturated carbocycles. The van der Waals surface area contributed by atoms with Gasteiger partial charge in [-0.3, -0.25) is 9.59 Å².